The van der Waals surface area contributed by atoms with Gasteiger partial charge in [0, 0.05) is 33.2 Å². The van der Waals surface area contributed by atoms with Crippen molar-refractivity contribution in [3.63, 3.8) is 0 Å². The summed E-state index contributed by atoms with van der Waals surface area (Å²) in [5.41, 5.74) is -0.0812. The zero-order valence-electron chi connectivity index (χ0n) is 21.7. The van der Waals surface area contributed by atoms with E-state index in [0.29, 0.717) is 36.1 Å². The van der Waals surface area contributed by atoms with Gasteiger partial charge in [-0.2, -0.15) is 0 Å². The maximum Gasteiger partial charge on any atom is 0.407 e. The van der Waals surface area contributed by atoms with Crippen LogP contribution >= 0.6 is 0 Å². The number of carbonyl (C=O) groups is 2. The highest BCUT2D eigenvalue weighted by molar-refractivity contribution is 6.07. The monoisotopic (exact) mass is 498 g/mol. The molecule has 3 heterocycles. The van der Waals surface area contributed by atoms with E-state index in [1.54, 1.807) is 25.2 Å². The average Bonchev–Trinajstić information content (AvgIpc) is 3.37. The van der Waals surface area contributed by atoms with Crippen LogP contribution in [-0.4, -0.2) is 66.0 Å². The maximum atomic E-state index is 13.0. The van der Waals surface area contributed by atoms with Gasteiger partial charge in [0.1, 0.15) is 17.2 Å². The summed E-state index contributed by atoms with van der Waals surface area (Å²) in [5, 5.41) is 20.3. The summed E-state index contributed by atoms with van der Waals surface area (Å²) < 4.78 is 5.23. The van der Waals surface area contributed by atoms with Crippen LogP contribution in [-0.2, 0) is 4.74 Å². The van der Waals surface area contributed by atoms with Gasteiger partial charge in [-0.05, 0) is 77.1 Å². The Bertz CT molecular complexity index is 1000. The van der Waals surface area contributed by atoms with Crippen molar-refractivity contribution in [2.45, 2.75) is 58.5 Å². The van der Waals surface area contributed by atoms with Gasteiger partial charge in [0.25, 0.3) is 5.91 Å². The third kappa shape index (κ3) is 8.54. The number of alkyl carbamates (subject to hydrolysis) is 1. The highest BCUT2D eigenvalue weighted by Gasteiger charge is 2.17. The molecule has 0 saturated carbocycles. The molecule has 0 spiro atoms. The Morgan fingerprint density at radius 3 is 2.36 bits per heavy atom. The van der Waals surface area contributed by atoms with Crippen LogP contribution in [0.25, 0.3) is 0 Å². The molecule has 1 fully saturated rings. The van der Waals surface area contributed by atoms with E-state index in [-0.39, 0.29) is 5.91 Å². The molecule has 11 nitrogen and oxygen atoms in total. The number of unbranched alkanes of at least 4 members (excludes halogenated alkanes) is 2. The van der Waals surface area contributed by atoms with Crippen molar-refractivity contribution in [3.05, 3.63) is 29.8 Å². The lowest BCUT2D eigenvalue weighted by atomic mass is 10.2. The Morgan fingerprint density at radius 1 is 0.972 bits per heavy atom. The van der Waals surface area contributed by atoms with E-state index in [4.69, 9.17) is 4.74 Å². The molecule has 36 heavy (non-hydrogen) atoms. The maximum absolute atomic E-state index is 13.0. The zero-order valence-corrected chi connectivity index (χ0v) is 21.7. The lowest BCUT2D eigenvalue weighted by Crippen LogP contribution is -2.33. The van der Waals surface area contributed by atoms with E-state index in [1.165, 1.54) is 0 Å². The van der Waals surface area contributed by atoms with Crippen LogP contribution in [0.3, 0.4) is 0 Å². The smallest absolute Gasteiger partial charge is 0.407 e. The first-order valence-electron chi connectivity index (χ1n) is 12.5. The molecule has 196 valence electrons. The van der Waals surface area contributed by atoms with Crippen molar-refractivity contribution in [1.82, 2.24) is 20.5 Å². The number of anilines is 4. The highest BCUT2D eigenvalue weighted by Crippen LogP contribution is 2.20. The first kappa shape index (κ1) is 27.0. The minimum Gasteiger partial charge on any atom is -0.444 e. The number of carbonyl (C=O) groups excluding carboxylic acids is 2. The van der Waals surface area contributed by atoms with Crippen LogP contribution < -0.4 is 26.2 Å². The summed E-state index contributed by atoms with van der Waals surface area (Å²) in [6.45, 7) is 8.66. The Balaban J connectivity index is 1.48. The number of amides is 2. The van der Waals surface area contributed by atoms with Crippen LogP contribution in [0.1, 0.15) is 63.2 Å². The predicted octanol–water partition coefficient (Wildman–Crippen LogP) is 3.87. The van der Waals surface area contributed by atoms with E-state index in [1.807, 2.05) is 26.8 Å². The van der Waals surface area contributed by atoms with E-state index in [2.05, 4.69) is 41.3 Å². The largest absolute Gasteiger partial charge is 0.444 e. The second-order valence-electron chi connectivity index (χ2n) is 9.68. The van der Waals surface area contributed by atoms with Crippen molar-refractivity contribution >= 4 is 35.3 Å². The third-order valence-corrected chi connectivity index (χ3v) is 5.53. The quantitative estimate of drug-likeness (QED) is 0.341. The first-order chi connectivity index (χ1) is 17.2. The summed E-state index contributed by atoms with van der Waals surface area (Å²) >= 11 is 0. The van der Waals surface area contributed by atoms with Crippen molar-refractivity contribution in [3.8, 4) is 0 Å². The molecule has 2 aromatic heterocycles. The highest BCUT2D eigenvalue weighted by atomic mass is 16.6. The molecule has 1 aliphatic heterocycles. The van der Waals surface area contributed by atoms with Gasteiger partial charge in [-0.25, -0.2) is 9.78 Å². The van der Waals surface area contributed by atoms with Gasteiger partial charge in [0.15, 0.2) is 11.6 Å². The van der Waals surface area contributed by atoms with Crippen molar-refractivity contribution < 1.29 is 14.3 Å². The van der Waals surface area contributed by atoms with Gasteiger partial charge in [-0.1, -0.05) is 0 Å². The molecule has 2 amide bonds. The number of nitrogens with zero attached hydrogens (tertiary/aromatic N) is 4. The van der Waals surface area contributed by atoms with E-state index >= 15 is 0 Å². The second kappa shape index (κ2) is 12.9. The average molecular weight is 499 g/mol. The van der Waals surface area contributed by atoms with E-state index < -0.39 is 11.7 Å². The minimum atomic E-state index is -0.503. The lowest BCUT2D eigenvalue weighted by Gasteiger charge is -2.19. The predicted molar refractivity (Wildman–Crippen MR) is 142 cm³/mol. The molecular formula is C25H38N8O3. The van der Waals surface area contributed by atoms with Gasteiger partial charge >= 0.3 is 6.09 Å². The van der Waals surface area contributed by atoms with Crippen LogP contribution in [0.5, 0.6) is 0 Å². The Labute approximate surface area is 212 Å². The molecule has 4 N–H and O–H groups in total. The fourth-order valence-electron chi connectivity index (χ4n) is 3.74. The van der Waals surface area contributed by atoms with Crippen molar-refractivity contribution in [2.24, 2.45) is 0 Å². The van der Waals surface area contributed by atoms with Crippen LogP contribution in [0.2, 0.25) is 0 Å². The molecule has 11 heteroatoms. The summed E-state index contributed by atoms with van der Waals surface area (Å²) in [6, 6.07) is 7.14. The standard InChI is InChI=1S/C25H38N8O3/c1-25(2,3)36-24(35)28-15-7-5-6-14-27-22-18(10-11-19(26-4)29-22)23(34)30-20-12-13-21(32-31-20)33-16-8-9-17-33/h10-13H,5-9,14-17H2,1-4H3,(H,28,35)(H2,26,27,29)(H,30,31,34). The van der Waals surface area contributed by atoms with Gasteiger partial charge in [0.2, 0.25) is 0 Å². The number of hydrogen-bond acceptors (Lipinski definition) is 9. The molecule has 3 rings (SSSR count). The Kier molecular flexibility index (Phi) is 9.66. The molecule has 0 radical (unpaired) electrons. The van der Waals surface area contributed by atoms with Crippen LogP contribution in [0.4, 0.5) is 28.1 Å². The number of aromatic nitrogens is 3. The van der Waals surface area contributed by atoms with Gasteiger partial charge < -0.3 is 30.9 Å². The summed E-state index contributed by atoms with van der Waals surface area (Å²) in [4.78, 5) is 31.4. The van der Waals surface area contributed by atoms with Gasteiger partial charge in [0.05, 0.1) is 5.56 Å². The van der Waals surface area contributed by atoms with Gasteiger partial charge in [-0.3, -0.25) is 4.79 Å². The normalized spacial score (nSPS) is 13.3. The van der Waals surface area contributed by atoms with Crippen LogP contribution in [0, 0.1) is 0 Å². The number of ether oxygens (including phenoxy) is 1. The first-order valence-corrected chi connectivity index (χ1v) is 12.5. The van der Waals surface area contributed by atoms with E-state index in [0.717, 1.165) is 51.0 Å². The number of hydrogen-bond donors (Lipinski definition) is 4. The van der Waals surface area contributed by atoms with Crippen molar-refractivity contribution in [1.29, 1.82) is 0 Å². The molecule has 2 aromatic rings. The summed E-state index contributed by atoms with van der Waals surface area (Å²) in [5.74, 6) is 2.06. The van der Waals surface area contributed by atoms with Crippen LogP contribution in [0.15, 0.2) is 24.3 Å². The lowest BCUT2D eigenvalue weighted by molar-refractivity contribution is 0.0527. The fraction of sp³-hybridized carbons (Fsp3) is 0.560. The minimum absolute atomic E-state index is 0.308. The number of rotatable bonds is 11. The summed E-state index contributed by atoms with van der Waals surface area (Å²) in [7, 11) is 1.78. The summed E-state index contributed by atoms with van der Waals surface area (Å²) in [6.07, 6.45) is 4.49. The topological polar surface area (TPSA) is 133 Å². The SMILES string of the molecule is CNc1ccc(C(=O)Nc2ccc(N3CCCC3)nn2)c(NCCCCCNC(=O)OC(C)(C)C)n1. The Hall–Kier alpha value is -3.63. The van der Waals surface area contributed by atoms with Gasteiger partial charge in [-0.15, -0.1) is 10.2 Å². The van der Waals surface area contributed by atoms with E-state index in [9.17, 15) is 9.59 Å². The Morgan fingerprint density at radius 2 is 1.69 bits per heavy atom. The molecule has 0 atom stereocenters. The third-order valence-electron chi connectivity index (χ3n) is 5.53. The molecule has 0 aliphatic carbocycles. The molecule has 0 bridgehead atoms. The zero-order chi connectivity index (χ0) is 26.0. The molecule has 1 saturated heterocycles. The molecular weight excluding hydrogens is 460 g/mol. The number of nitrogens with one attached hydrogen (secondary N) is 4. The second-order valence-corrected chi connectivity index (χ2v) is 9.68. The molecule has 0 unspecified atom stereocenters. The fourth-order valence-corrected chi connectivity index (χ4v) is 3.74. The number of pyridine rings is 1. The molecule has 1 aliphatic rings. The molecule has 0 aromatic carbocycles. The van der Waals surface area contributed by atoms with Crippen molar-refractivity contribution in [2.75, 3.05) is 54.1 Å².